The Morgan fingerprint density at radius 3 is 2.45 bits per heavy atom. The Hall–Kier alpha value is -6.70. The van der Waals surface area contributed by atoms with E-state index in [0.717, 1.165) is 70.8 Å². The molecule has 3 aromatic carbocycles. The lowest BCUT2D eigenvalue weighted by molar-refractivity contribution is -0.136. The third-order valence-electron chi connectivity index (χ3n) is 10.2. The van der Waals surface area contributed by atoms with Gasteiger partial charge in [0.15, 0.2) is 0 Å². The maximum absolute atomic E-state index is 13.2. The molecule has 3 aromatic heterocycles. The van der Waals surface area contributed by atoms with Crippen molar-refractivity contribution in [1.82, 2.24) is 39.9 Å². The lowest BCUT2D eigenvalue weighted by Crippen LogP contribution is -2.52. The number of hydrogen-bond acceptors (Lipinski definition) is 11. The summed E-state index contributed by atoms with van der Waals surface area (Å²) in [6.45, 7) is 2.09. The van der Waals surface area contributed by atoms with E-state index in [0.29, 0.717) is 29.8 Å². The predicted octanol–water partition coefficient (Wildman–Crippen LogP) is 5.37. The number of aromatic nitrogens is 6. The van der Waals surface area contributed by atoms with E-state index in [1.54, 1.807) is 24.4 Å². The van der Waals surface area contributed by atoms with E-state index in [1.807, 2.05) is 54.9 Å². The molecule has 14 heteroatoms. The van der Waals surface area contributed by atoms with Gasteiger partial charge in [0.1, 0.15) is 11.9 Å². The Morgan fingerprint density at radius 2 is 1.62 bits per heavy atom. The summed E-state index contributed by atoms with van der Waals surface area (Å²) >= 11 is 0. The van der Waals surface area contributed by atoms with E-state index < -0.39 is 11.9 Å². The summed E-state index contributed by atoms with van der Waals surface area (Å²) in [6, 6.07) is 23.0. The first kappa shape index (κ1) is 32.2. The molecule has 53 heavy (non-hydrogen) atoms. The lowest BCUT2D eigenvalue weighted by atomic mass is 10.0. The molecule has 0 aliphatic carbocycles. The SMILES string of the molecule is O=C1CCC(N2Cc3c(Nc4ccnc(Nc5ccc(N6CCC(n7cc(-c8cnc9ccccc9n8)cn7)CC6)cc5)n4)cccc3C2=O)C(=O)N1. The number of amides is 3. The van der Waals surface area contributed by atoms with Crippen LogP contribution in [0.2, 0.25) is 0 Å². The van der Waals surface area contributed by atoms with E-state index in [4.69, 9.17) is 4.98 Å². The van der Waals surface area contributed by atoms with E-state index in [9.17, 15) is 14.4 Å². The lowest BCUT2D eigenvalue weighted by Gasteiger charge is -2.33. The molecule has 3 amide bonds. The highest BCUT2D eigenvalue weighted by Crippen LogP contribution is 2.34. The minimum atomic E-state index is -0.678. The maximum atomic E-state index is 13.2. The highest BCUT2D eigenvalue weighted by molar-refractivity contribution is 6.06. The molecule has 3 N–H and O–H groups in total. The van der Waals surface area contributed by atoms with Gasteiger partial charge in [-0.25, -0.2) is 9.97 Å². The monoisotopic (exact) mass is 705 g/mol. The van der Waals surface area contributed by atoms with Crippen LogP contribution in [0.25, 0.3) is 22.3 Å². The van der Waals surface area contributed by atoms with Crippen molar-refractivity contribution in [2.45, 2.75) is 44.3 Å². The fraction of sp³-hybridized carbons (Fsp3) is 0.231. The summed E-state index contributed by atoms with van der Waals surface area (Å²) < 4.78 is 2.07. The van der Waals surface area contributed by atoms with E-state index in [2.05, 4.69) is 63.9 Å². The number of nitrogens with zero attached hydrogens (tertiary/aromatic N) is 8. The van der Waals surface area contributed by atoms with Crippen molar-refractivity contribution in [3.63, 3.8) is 0 Å². The van der Waals surface area contributed by atoms with Gasteiger partial charge >= 0.3 is 0 Å². The summed E-state index contributed by atoms with van der Waals surface area (Å²) in [5.41, 5.74) is 7.58. The minimum absolute atomic E-state index is 0.207. The van der Waals surface area contributed by atoms with Gasteiger partial charge in [-0.15, -0.1) is 0 Å². The second-order valence-corrected chi connectivity index (χ2v) is 13.5. The Bertz CT molecular complexity index is 2370. The van der Waals surface area contributed by atoms with Gasteiger partial charge in [0.2, 0.25) is 17.8 Å². The third kappa shape index (κ3) is 6.39. The average Bonchev–Trinajstić information content (AvgIpc) is 3.81. The standard InChI is InChI=1S/C39H35N11O3/c51-36-13-12-34(37(52)47-36)49-23-29-28(38(49)53)4-3-7-30(29)45-35-14-17-40-39(46-35)43-25-8-10-26(11-9-25)48-18-15-27(16-19-48)50-22-24(20-42-50)33-21-41-31-5-1-2-6-32(31)44-33/h1-11,14,17,20-22,27,34H,12-13,15-16,18-19,23H2,(H,47,51,52)(H2,40,43,45,46). The summed E-state index contributed by atoms with van der Waals surface area (Å²) in [5, 5.41) is 13.7. The summed E-state index contributed by atoms with van der Waals surface area (Å²) in [6.07, 6.45) is 9.91. The number of anilines is 5. The second kappa shape index (κ2) is 13.5. The molecule has 3 aliphatic rings. The molecule has 2 fully saturated rings. The fourth-order valence-corrected chi connectivity index (χ4v) is 7.37. The van der Waals surface area contributed by atoms with Crippen LogP contribution in [0.5, 0.6) is 0 Å². The van der Waals surface area contributed by atoms with Crippen LogP contribution in [-0.4, -0.2) is 71.5 Å². The Labute approximate surface area is 304 Å². The largest absolute Gasteiger partial charge is 0.371 e. The van der Waals surface area contributed by atoms with Crippen LogP contribution in [0.15, 0.2) is 97.6 Å². The van der Waals surface area contributed by atoms with Crippen molar-refractivity contribution in [3.05, 3.63) is 109 Å². The quantitative estimate of drug-likeness (QED) is 0.175. The first-order chi connectivity index (χ1) is 25.9. The molecule has 0 radical (unpaired) electrons. The van der Waals surface area contributed by atoms with Crippen molar-refractivity contribution in [2.75, 3.05) is 28.6 Å². The predicted molar refractivity (Wildman–Crippen MR) is 199 cm³/mol. The number of piperidine rings is 2. The Balaban J connectivity index is 0.812. The van der Waals surface area contributed by atoms with Crippen LogP contribution in [-0.2, 0) is 16.1 Å². The Kier molecular flexibility index (Phi) is 8.18. The molecule has 0 saturated carbocycles. The molecule has 6 heterocycles. The molecule has 0 bridgehead atoms. The molecule has 1 unspecified atom stereocenters. The molecule has 0 spiro atoms. The van der Waals surface area contributed by atoms with Crippen molar-refractivity contribution < 1.29 is 14.4 Å². The highest BCUT2D eigenvalue weighted by Gasteiger charge is 2.40. The zero-order chi connectivity index (χ0) is 35.9. The minimum Gasteiger partial charge on any atom is -0.371 e. The fourth-order valence-electron chi connectivity index (χ4n) is 7.37. The number of imide groups is 1. The van der Waals surface area contributed by atoms with Crippen molar-refractivity contribution in [3.8, 4) is 11.3 Å². The van der Waals surface area contributed by atoms with Crippen LogP contribution in [0.1, 0.15) is 47.6 Å². The summed E-state index contributed by atoms with van der Waals surface area (Å²) in [4.78, 5) is 59.7. The van der Waals surface area contributed by atoms with Gasteiger partial charge in [0.05, 0.1) is 35.2 Å². The zero-order valence-corrected chi connectivity index (χ0v) is 28.6. The number of para-hydroxylation sites is 2. The smallest absolute Gasteiger partial charge is 0.255 e. The first-order valence-corrected chi connectivity index (χ1v) is 17.7. The van der Waals surface area contributed by atoms with Gasteiger partial charge in [-0.05, 0) is 73.9 Å². The van der Waals surface area contributed by atoms with Gasteiger partial charge in [-0.3, -0.25) is 29.4 Å². The zero-order valence-electron chi connectivity index (χ0n) is 28.6. The van der Waals surface area contributed by atoms with Gasteiger partial charge in [0, 0.05) is 72.2 Å². The number of hydrogen-bond donors (Lipinski definition) is 3. The number of carbonyl (C=O) groups is 3. The molecule has 3 aliphatic heterocycles. The molecule has 14 nitrogen and oxygen atoms in total. The molecule has 1 atom stereocenters. The van der Waals surface area contributed by atoms with Crippen LogP contribution in [0.4, 0.5) is 28.8 Å². The van der Waals surface area contributed by atoms with Gasteiger partial charge in [-0.2, -0.15) is 10.1 Å². The summed E-state index contributed by atoms with van der Waals surface area (Å²) in [7, 11) is 0. The number of nitrogens with one attached hydrogen (secondary N) is 3. The molecular formula is C39H35N11O3. The summed E-state index contributed by atoms with van der Waals surface area (Å²) in [5.74, 6) is 0.00133. The normalized spacial score (nSPS) is 17.6. The second-order valence-electron chi connectivity index (χ2n) is 13.5. The average molecular weight is 706 g/mol. The van der Waals surface area contributed by atoms with E-state index >= 15 is 0 Å². The number of carbonyl (C=O) groups excluding carboxylic acids is 3. The molecule has 9 rings (SSSR count). The highest BCUT2D eigenvalue weighted by atomic mass is 16.2. The van der Waals surface area contributed by atoms with Crippen LogP contribution in [0, 0.1) is 0 Å². The molecule has 264 valence electrons. The molecule has 2 saturated heterocycles. The molecular weight excluding hydrogens is 671 g/mol. The van der Waals surface area contributed by atoms with E-state index in [1.165, 1.54) is 4.90 Å². The Morgan fingerprint density at radius 1 is 0.792 bits per heavy atom. The third-order valence-corrected chi connectivity index (χ3v) is 10.2. The van der Waals surface area contributed by atoms with Crippen LogP contribution < -0.4 is 20.9 Å². The van der Waals surface area contributed by atoms with Crippen molar-refractivity contribution in [2.24, 2.45) is 0 Å². The topological polar surface area (TPSA) is 163 Å². The number of rotatable bonds is 8. The van der Waals surface area contributed by atoms with Crippen molar-refractivity contribution >= 4 is 57.6 Å². The van der Waals surface area contributed by atoms with Gasteiger partial charge in [0.25, 0.3) is 5.91 Å². The van der Waals surface area contributed by atoms with Gasteiger partial charge in [-0.1, -0.05) is 18.2 Å². The van der Waals surface area contributed by atoms with Gasteiger partial charge < -0.3 is 20.4 Å². The van der Waals surface area contributed by atoms with Crippen LogP contribution >= 0.6 is 0 Å². The van der Waals surface area contributed by atoms with Crippen LogP contribution in [0.3, 0.4) is 0 Å². The van der Waals surface area contributed by atoms with Crippen molar-refractivity contribution in [1.29, 1.82) is 0 Å². The number of benzene rings is 3. The van der Waals surface area contributed by atoms with E-state index in [-0.39, 0.29) is 24.8 Å². The first-order valence-electron chi connectivity index (χ1n) is 17.7. The maximum Gasteiger partial charge on any atom is 0.255 e. The molecule has 6 aromatic rings. The number of fused-ring (bicyclic) bond motifs is 2.